The highest BCUT2D eigenvalue weighted by Crippen LogP contribution is 2.16. The molecule has 1 aromatic heterocycles. The molecule has 0 saturated heterocycles. The Morgan fingerprint density at radius 3 is 2.94 bits per heavy atom. The van der Waals surface area contributed by atoms with Crippen molar-refractivity contribution in [3.8, 4) is 0 Å². The maximum atomic E-state index is 11.8. The Morgan fingerprint density at radius 1 is 1.61 bits per heavy atom. The van der Waals surface area contributed by atoms with Gasteiger partial charge in [-0.1, -0.05) is 0 Å². The number of aryl methyl sites for hydroxylation is 1. The Morgan fingerprint density at radius 2 is 2.33 bits per heavy atom. The molecule has 0 fully saturated rings. The third-order valence-electron chi connectivity index (χ3n) is 2.16. The monoisotopic (exact) mass is 260 g/mol. The van der Waals surface area contributed by atoms with Gasteiger partial charge in [-0.15, -0.1) is 0 Å². The molecule has 0 atom stereocenters. The number of carbonyl (C=O) groups is 1. The minimum Gasteiger partial charge on any atom is -0.478 e. The van der Waals surface area contributed by atoms with E-state index in [4.69, 9.17) is 5.11 Å². The van der Waals surface area contributed by atoms with Crippen LogP contribution in [0.1, 0.15) is 15.9 Å². The maximum absolute atomic E-state index is 11.8. The zero-order valence-corrected chi connectivity index (χ0v) is 9.82. The first-order valence-electron chi connectivity index (χ1n) is 5.31. The summed E-state index contributed by atoms with van der Waals surface area (Å²) in [6.45, 7) is 1.29. The molecule has 100 valence electrons. The molecule has 18 heavy (non-hydrogen) atoms. The van der Waals surface area contributed by atoms with Gasteiger partial charge in [0, 0.05) is 12.7 Å². The van der Waals surface area contributed by atoms with Crippen LogP contribution in [0.25, 0.3) is 0 Å². The first kappa shape index (κ1) is 14.3. The Hall–Kier alpha value is -1.76. The van der Waals surface area contributed by atoms with Gasteiger partial charge in [-0.2, -0.15) is 0 Å². The number of aromatic carboxylic acids is 1. The number of ether oxygens (including phenoxy) is 1. The Labute approximate surface area is 103 Å². The van der Waals surface area contributed by atoms with E-state index in [2.05, 4.69) is 15.0 Å². The largest absolute Gasteiger partial charge is 0.478 e. The van der Waals surface area contributed by atoms with Crippen LogP contribution in [0.4, 0.5) is 14.6 Å². The molecule has 1 heterocycles. The van der Waals surface area contributed by atoms with Gasteiger partial charge in [0.2, 0.25) is 0 Å². The number of halogens is 2. The van der Waals surface area contributed by atoms with Crippen molar-refractivity contribution in [3.63, 3.8) is 0 Å². The molecule has 0 bridgehead atoms. The Balaban J connectivity index is 2.52. The highest BCUT2D eigenvalue weighted by atomic mass is 19.3. The van der Waals surface area contributed by atoms with Crippen molar-refractivity contribution in [2.75, 3.05) is 25.1 Å². The van der Waals surface area contributed by atoms with E-state index < -0.39 is 19.0 Å². The molecule has 0 unspecified atom stereocenters. The fraction of sp³-hybridized carbons (Fsp3) is 0.455. The third-order valence-corrected chi connectivity index (χ3v) is 2.16. The fourth-order valence-corrected chi connectivity index (χ4v) is 1.38. The molecule has 5 nitrogen and oxygen atoms in total. The molecule has 0 aliphatic rings. The summed E-state index contributed by atoms with van der Waals surface area (Å²) in [6, 6.07) is 1.59. The van der Waals surface area contributed by atoms with Crippen molar-refractivity contribution in [3.05, 3.63) is 23.4 Å². The number of carboxylic acid groups (broad SMARTS) is 1. The van der Waals surface area contributed by atoms with Gasteiger partial charge < -0.3 is 15.2 Å². The summed E-state index contributed by atoms with van der Waals surface area (Å²) in [5.74, 6) is -0.875. The highest BCUT2D eigenvalue weighted by molar-refractivity contribution is 5.94. The summed E-state index contributed by atoms with van der Waals surface area (Å²) < 4.78 is 28.2. The summed E-state index contributed by atoms with van der Waals surface area (Å²) in [7, 11) is 0. The number of nitrogens with zero attached hydrogens (tertiary/aromatic N) is 1. The normalized spacial score (nSPS) is 10.7. The van der Waals surface area contributed by atoms with Crippen LogP contribution < -0.4 is 5.32 Å². The Bertz CT molecular complexity index is 413. The number of pyridine rings is 1. The minimum absolute atomic E-state index is 0.0546. The molecular weight excluding hydrogens is 246 g/mol. The van der Waals surface area contributed by atoms with Gasteiger partial charge in [0.05, 0.1) is 6.61 Å². The van der Waals surface area contributed by atoms with Crippen LogP contribution in [0.2, 0.25) is 0 Å². The number of hydrogen-bond acceptors (Lipinski definition) is 4. The van der Waals surface area contributed by atoms with E-state index in [-0.39, 0.29) is 24.5 Å². The van der Waals surface area contributed by atoms with E-state index in [1.165, 1.54) is 6.20 Å². The zero-order chi connectivity index (χ0) is 13.5. The number of aromatic nitrogens is 1. The van der Waals surface area contributed by atoms with Crippen molar-refractivity contribution in [1.82, 2.24) is 4.98 Å². The highest BCUT2D eigenvalue weighted by Gasteiger charge is 2.13. The second-order valence-electron chi connectivity index (χ2n) is 3.55. The van der Waals surface area contributed by atoms with Gasteiger partial charge in [-0.25, -0.2) is 18.6 Å². The quantitative estimate of drug-likeness (QED) is 0.731. The van der Waals surface area contributed by atoms with Gasteiger partial charge in [-0.3, -0.25) is 0 Å². The van der Waals surface area contributed by atoms with Crippen LogP contribution in [0, 0.1) is 6.92 Å². The first-order valence-corrected chi connectivity index (χ1v) is 5.31. The predicted octanol–water partition coefficient (Wildman–Crippen LogP) is 1.78. The smallest absolute Gasteiger partial charge is 0.339 e. The van der Waals surface area contributed by atoms with Crippen molar-refractivity contribution in [2.45, 2.75) is 13.3 Å². The lowest BCUT2D eigenvalue weighted by Gasteiger charge is -2.10. The van der Waals surface area contributed by atoms with E-state index in [1.807, 2.05) is 0 Å². The van der Waals surface area contributed by atoms with Crippen molar-refractivity contribution in [1.29, 1.82) is 0 Å². The first-order chi connectivity index (χ1) is 8.52. The molecule has 0 spiro atoms. The predicted molar refractivity (Wildman–Crippen MR) is 61.2 cm³/mol. The molecule has 0 aliphatic heterocycles. The van der Waals surface area contributed by atoms with E-state index in [1.54, 1.807) is 13.0 Å². The summed E-state index contributed by atoms with van der Waals surface area (Å²) in [5, 5.41) is 11.8. The second kappa shape index (κ2) is 6.85. The topological polar surface area (TPSA) is 71.5 Å². The number of anilines is 1. The van der Waals surface area contributed by atoms with Crippen molar-refractivity contribution >= 4 is 11.8 Å². The SMILES string of the molecule is Cc1ccnc(NCCOCC(F)F)c1C(=O)O. The lowest BCUT2D eigenvalue weighted by Crippen LogP contribution is -2.16. The van der Waals surface area contributed by atoms with Crippen LogP contribution in [0.15, 0.2) is 12.3 Å². The van der Waals surface area contributed by atoms with Gasteiger partial charge in [-0.05, 0) is 18.6 Å². The second-order valence-corrected chi connectivity index (χ2v) is 3.55. The van der Waals surface area contributed by atoms with E-state index in [0.29, 0.717) is 5.56 Å². The lowest BCUT2D eigenvalue weighted by atomic mass is 10.1. The van der Waals surface area contributed by atoms with Crippen LogP contribution in [0.5, 0.6) is 0 Å². The zero-order valence-electron chi connectivity index (χ0n) is 9.82. The molecule has 1 rings (SSSR count). The molecule has 0 radical (unpaired) electrons. The molecule has 1 aromatic rings. The summed E-state index contributed by atoms with van der Waals surface area (Å²) >= 11 is 0. The number of rotatable bonds is 7. The standard InChI is InChI=1S/C11H14F2N2O3/c1-7-2-3-14-10(9(7)11(16)17)15-4-5-18-6-8(12)13/h2-3,8H,4-6H2,1H3,(H,14,15)(H,16,17). The van der Waals surface area contributed by atoms with Gasteiger partial charge in [0.15, 0.2) is 0 Å². The van der Waals surface area contributed by atoms with Crippen LogP contribution in [-0.4, -0.2) is 42.2 Å². The number of carboxylic acids is 1. The molecule has 0 amide bonds. The van der Waals surface area contributed by atoms with Crippen molar-refractivity contribution < 1.29 is 23.4 Å². The maximum Gasteiger partial charge on any atom is 0.339 e. The summed E-state index contributed by atoms with van der Waals surface area (Å²) in [4.78, 5) is 14.9. The number of alkyl halides is 2. The molecular formula is C11H14F2N2O3. The molecule has 0 aromatic carbocycles. The fourth-order valence-electron chi connectivity index (χ4n) is 1.38. The van der Waals surface area contributed by atoms with Crippen molar-refractivity contribution in [2.24, 2.45) is 0 Å². The van der Waals surface area contributed by atoms with Gasteiger partial charge in [0.1, 0.15) is 18.0 Å². The van der Waals surface area contributed by atoms with E-state index in [0.717, 1.165) is 0 Å². The molecule has 0 saturated carbocycles. The summed E-state index contributed by atoms with van der Waals surface area (Å²) in [6.07, 6.45) is -1.03. The number of nitrogens with one attached hydrogen (secondary N) is 1. The average Bonchev–Trinajstić information content (AvgIpc) is 2.27. The molecule has 0 aliphatic carbocycles. The minimum atomic E-state index is -2.50. The van der Waals surface area contributed by atoms with Crippen LogP contribution >= 0.6 is 0 Å². The lowest BCUT2D eigenvalue weighted by molar-refractivity contribution is 0.0215. The van der Waals surface area contributed by atoms with Gasteiger partial charge in [0.25, 0.3) is 6.43 Å². The average molecular weight is 260 g/mol. The van der Waals surface area contributed by atoms with Crippen LogP contribution in [0.3, 0.4) is 0 Å². The molecule has 7 heteroatoms. The van der Waals surface area contributed by atoms with E-state index >= 15 is 0 Å². The van der Waals surface area contributed by atoms with Gasteiger partial charge >= 0.3 is 5.97 Å². The number of hydrogen-bond donors (Lipinski definition) is 2. The Kier molecular flexibility index (Phi) is 5.44. The van der Waals surface area contributed by atoms with E-state index in [9.17, 15) is 13.6 Å². The third kappa shape index (κ3) is 4.25. The van der Waals surface area contributed by atoms with Crippen LogP contribution in [-0.2, 0) is 4.74 Å². The summed E-state index contributed by atoms with van der Waals surface area (Å²) in [5.41, 5.74) is 0.653. The molecule has 2 N–H and O–H groups in total.